The van der Waals surface area contributed by atoms with Crippen LogP contribution in [0.25, 0.3) is 0 Å². The van der Waals surface area contributed by atoms with E-state index in [0.29, 0.717) is 0 Å². The summed E-state index contributed by atoms with van der Waals surface area (Å²) in [6.07, 6.45) is 2.07. The third kappa shape index (κ3) is 1.90. The number of thioether (sulfide) groups is 1. The summed E-state index contributed by atoms with van der Waals surface area (Å²) in [6.45, 7) is 2.05. The summed E-state index contributed by atoms with van der Waals surface area (Å²) < 4.78 is 5.14. The van der Waals surface area contributed by atoms with Crippen LogP contribution >= 0.6 is 11.8 Å². The van der Waals surface area contributed by atoms with Crippen LogP contribution in [-0.2, 0) is 0 Å². The van der Waals surface area contributed by atoms with Crippen molar-refractivity contribution in [1.29, 1.82) is 0 Å². The van der Waals surface area contributed by atoms with Crippen molar-refractivity contribution in [2.45, 2.75) is 11.8 Å². The zero-order chi connectivity index (χ0) is 8.27. The highest BCUT2D eigenvalue weighted by molar-refractivity contribution is 7.98. The first-order valence-corrected chi connectivity index (χ1v) is 4.69. The molecule has 0 amide bonds. The molecule has 0 aromatic heterocycles. The minimum atomic E-state index is 0.961. The van der Waals surface area contributed by atoms with Gasteiger partial charge < -0.3 is 4.74 Å². The molecule has 0 heterocycles. The topological polar surface area (TPSA) is 9.23 Å². The van der Waals surface area contributed by atoms with Crippen LogP contribution < -0.4 is 4.74 Å². The quantitative estimate of drug-likeness (QED) is 0.628. The first-order chi connectivity index (χ1) is 5.27. The lowest BCUT2D eigenvalue weighted by Crippen LogP contribution is -1.86. The number of benzene rings is 1. The molecule has 0 fully saturated rings. The fourth-order valence-corrected chi connectivity index (χ4v) is 1.48. The van der Waals surface area contributed by atoms with Crippen molar-refractivity contribution in [3.8, 4) is 5.75 Å². The lowest BCUT2D eigenvalue weighted by molar-refractivity contribution is 0.411. The van der Waals surface area contributed by atoms with Crippen LogP contribution in [0.4, 0.5) is 0 Å². The van der Waals surface area contributed by atoms with E-state index in [2.05, 4.69) is 25.3 Å². The van der Waals surface area contributed by atoms with Gasteiger partial charge in [0.15, 0.2) is 0 Å². The van der Waals surface area contributed by atoms with Crippen LogP contribution in [0.2, 0.25) is 0 Å². The van der Waals surface area contributed by atoms with Gasteiger partial charge in [-0.15, -0.1) is 11.8 Å². The Kier molecular flexibility index (Phi) is 2.83. The number of aryl methyl sites for hydroxylation is 1. The summed E-state index contributed by atoms with van der Waals surface area (Å²) in [6, 6.07) is 6.20. The van der Waals surface area contributed by atoms with Crippen LogP contribution in [-0.4, -0.2) is 13.4 Å². The van der Waals surface area contributed by atoms with Gasteiger partial charge in [0.2, 0.25) is 0 Å². The van der Waals surface area contributed by atoms with E-state index in [4.69, 9.17) is 4.74 Å². The van der Waals surface area contributed by atoms with Gasteiger partial charge >= 0.3 is 0 Å². The van der Waals surface area contributed by atoms with Crippen molar-refractivity contribution in [2.24, 2.45) is 0 Å². The van der Waals surface area contributed by atoms with E-state index < -0.39 is 0 Å². The predicted octanol–water partition coefficient (Wildman–Crippen LogP) is 2.73. The third-order valence-corrected chi connectivity index (χ3v) is 2.33. The molecule has 0 bridgehead atoms. The molecule has 0 unspecified atom stereocenters. The van der Waals surface area contributed by atoms with E-state index in [9.17, 15) is 0 Å². The lowest BCUT2D eigenvalue weighted by Gasteiger charge is -2.04. The fraction of sp³-hybridized carbons (Fsp3) is 0.333. The molecule has 1 aromatic rings. The Labute approximate surface area is 71.8 Å². The van der Waals surface area contributed by atoms with Gasteiger partial charge in [-0.2, -0.15) is 0 Å². The molecule has 0 spiro atoms. The first kappa shape index (κ1) is 8.47. The Morgan fingerprint density at radius 3 is 2.55 bits per heavy atom. The van der Waals surface area contributed by atoms with E-state index in [1.165, 1.54) is 10.5 Å². The average molecular weight is 168 g/mol. The van der Waals surface area contributed by atoms with E-state index in [1.807, 2.05) is 6.07 Å². The van der Waals surface area contributed by atoms with E-state index in [1.54, 1.807) is 18.9 Å². The second-order valence-corrected chi connectivity index (χ2v) is 3.22. The molecule has 0 aliphatic carbocycles. The van der Waals surface area contributed by atoms with Crippen molar-refractivity contribution >= 4 is 11.8 Å². The minimum Gasteiger partial charge on any atom is -0.496 e. The maximum absolute atomic E-state index is 5.14. The molecule has 0 aliphatic rings. The van der Waals surface area contributed by atoms with Crippen molar-refractivity contribution in [1.82, 2.24) is 0 Å². The molecular weight excluding hydrogens is 156 g/mol. The van der Waals surface area contributed by atoms with Crippen LogP contribution in [0.15, 0.2) is 23.1 Å². The lowest BCUT2D eigenvalue weighted by atomic mass is 10.2. The molecule has 0 atom stereocenters. The van der Waals surface area contributed by atoms with Crippen molar-refractivity contribution in [3.05, 3.63) is 23.8 Å². The van der Waals surface area contributed by atoms with Gasteiger partial charge in [0.25, 0.3) is 0 Å². The monoisotopic (exact) mass is 168 g/mol. The molecule has 0 aliphatic heterocycles. The SMILES string of the molecule is COc1ccc(SC)cc1C. The number of hydrogen-bond donors (Lipinski definition) is 0. The van der Waals surface area contributed by atoms with Gasteiger partial charge in [-0.3, -0.25) is 0 Å². The molecule has 0 saturated carbocycles. The second-order valence-electron chi connectivity index (χ2n) is 2.34. The molecule has 2 heteroatoms. The van der Waals surface area contributed by atoms with Gasteiger partial charge in [0, 0.05) is 4.90 Å². The van der Waals surface area contributed by atoms with Crippen LogP contribution in [0.3, 0.4) is 0 Å². The van der Waals surface area contributed by atoms with Gasteiger partial charge in [0.05, 0.1) is 7.11 Å². The molecular formula is C9H12OS. The number of methoxy groups -OCH3 is 1. The first-order valence-electron chi connectivity index (χ1n) is 3.46. The largest absolute Gasteiger partial charge is 0.496 e. The summed E-state index contributed by atoms with van der Waals surface area (Å²) in [5, 5.41) is 0. The molecule has 1 nitrogen and oxygen atoms in total. The van der Waals surface area contributed by atoms with Crippen LogP contribution in [0.5, 0.6) is 5.75 Å². The molecule has 11 heavy (non-hydrogen) atoms. The normalized spacial score (nSPS) is 9.73. The number of ether oxygens (including phenoxy) is 1. The Hall–Kier alpha value is -0.630. The van der Waals surface area contributed by atoms with Gasteiger partial charge in [0.1, 0.15) is 5.75 Å². The van der Waals surface area contributed by atoms with E-state index >= 15 is 0 Å². The Morgan fingerprint density at radius 2 is 2.09 bits per heavy atom. The van der Waals surface area contributed by atoms with Crippen molar-refractivity contribution in [3.63, 3.8) is 0 Å². The van der Waals surface area contributed by atoms with Crippen LogP contribution in [0, 0.1) is 6.92 Å². The predicted molar refractivity (Wildman–Crippen MR) is 49.5 cm³/mol. The van der Waals surface area contributed by atoms with E-state index in [0.717, 1.165) is 5.75 Å². The smallest absolute Gasteiger partial charge is 0.121 e. The zero-order valence-corrected chi connectivity index (χ0v) is 7.87. The average Bonchev–Trinajstić information content (AvgIpc) is 2.04. The van der Waals surface area contributed by atoms with Gasteiger partial charge in [-0.05, 0) is 36.9 Å². The molecule has 0 saturated heterocycles. The maximum atomic E-state index is 5.14. The standard InChI is InChI=1S/C9H12OS/c1-7-6-8(11-3)4-5-9(7)10-2/h4-6H,1-3H3. The van der Waals surface area contributed by atoms with Crippen LogP contribution in [0.1, 0.15) is 5.56 Å². The Balaban J connectivity index is 2.99. The molecule has 60 valence electrons. The molecule has 1 aromatic carbocycles. The summed E-state index contributed by atoms with van der Waals surface area (Å²) in [7, 11) is 1.70. The Morgan fingerprint density at radius 1 is 1.36 bits per heavy atom. The van der Waals surface area contributed by atoms with Crippen molar-refractivity contribution in [2.75, 3.05) is 13.4 Å². The minimum absolute atomic E-state index is 0.961. The molecule has 0 N–H and O–H groups in total. The zero-order valence-electron chi connectivity index (χ0n) is 7.05. The molecule has 1 rings (SSSR count). The highest BCUT2D eigenvalue weighted by Gasteiger charge is 1.97. The fourth-order valence-electron chi connectivity index (χ4n) is 0.978. The van der Waals surface area contributed by atoms with Gasteiger partial charge in [-0.25, -0.2) is 0 Å². The third-order valence-electron chi connectivity index (χ3n) is 1.60. The van der Waals surface area contributed by atoms with Crippen molar-refractivity contribution < 1.29 is 4.74 Å². The summed E-state index contributed by atoms with van der Waals surface area (Å²) in [4.78, 5) is 1.28. The Bertz CT molecular complexity index is 245. The van der Waals surface area contributed by atoms with Gasteiger partial charge in [-0.1, -0.05) is 0 Å². The number of rotatable bonds is 2. The molecule has 0 radical (unpaired) electrons. The summed E-state index contributed by atoms with van der Waals surface area (Å²) in [5.41, 5.74) is 1.19. The number of hydrogen-bond acceptors (Lipinski definition) is 2. The summed E-state index contributed by atoms with van der Waals surface area (Å²) >= 11 is 1.75. The highest BCUT2D eigenvalue weighted by atomic mass is 32.2. The summed E-state index contributed by atoms with van der Waals surface area (Å²) in [5.74, 6) is 0.961. The highest BCUT2D eigenvalue weighted by Crippen LogP contribution is 2.23. The maximum Gasteiger partial charge on any atom is 0.121 e. The van der Waals surface area contributed by atoms with E-state index in [-0.39, 0.29) is 0 Å². The second kappa shape index (κ2) is 3.67.